The van der Waals surface area contributed by atoms with Crippen LogP contribution in [0, 0.1) is 18.8 Å². The van der Waals surface area contributed by atoms with E-state index in [0.717, 1.165) is 46.8 Å². The number of esters is 2. The first-order valence-electron chi connectivity index (χ1n) is 13.3. The maximum absolute atomic E-state index is 14.0. The molecule has 2 fully saturated rings. The Labute approximate surface area is 252 Å². The molecule has 0 radical (unpaired) electrons. The van der Waals surface area contributed by atoms with Crippen LogP contribution < -0.4 is 4.90 Å². The molecule has 41 heavy (non-hydrogen) atoms. The average molecular weight is 615 g/mol. The van der Waals surface area contributed by atoms with Crippen LogP contribution in [0.5, 0.6) is 0 Å². The first-order valence-corrected chi connectivity index (χ1v) is 15.3. The van der Waals surface area contributed by atoms with Gasteiger partial charge in [-0.15, -0.1) is 0 Å². The summed E-state index contributed by atoms with van der Waals surface area (Å²) in [7, 11) is 2.47. The normalized spacial score (nSPS) is 23.6. The van der Waals surface area contributed by atoms with E-state index in [1.807, 2.05) is 39.0 Å². The number of fused-ring (bicyclic) bond motifs is 2. The number of rotatable bonds is 4. The van der Waals surface area contributed by atoms with Gasteiger partial charge in [0.15, 0.2) is 0 Å². The monoisotopic (exact) mass is 614 g/mol. The molecule has 0 spiro atoms. The van der Waals surface area contributed by atoms with Crippen LogP contribution in [0.2, 0.25) is 0 Å². The van der Waals surface area contributed by atoms with Gasteiger partial charge in [0.25, 0.3) is 0 Å². The van der Waals surface area contributed by atoms with E-state index in [0.29, 0.717) is 38.8 Å². The lowest BCUT2D eigenvalue weighted by atomic mass is 9.81. The van der Waals surface area contributed by atoms with Crippen molar-refractivity contribution in [3.8, 4) is 0 Å². The van der Waals surface area contributed by atoms with Gasteiger partial charge >= 0.3 is 11.9 Å². The van der Waals surface area contributed by atoms with E-state index in [9.17, 15) is 24.0 Å². The van der Waals surface area contributed by atoms with Crippen LogP contribution in [-0.2, 0) is 33.4 Å². The van der Waals surface area contributed by atoms with Gasteiger partial charge in [-0.05, 0) is 45.2 Å². The molecule has 1 saturated carbocycles. The number of thiocarbonyl (C=S) groups is 1. The first kappa shape index (κ1) is 29.5. The number of carbonyl (C=O) groups excluding carboxylic acids is 5. The van der Waals surface area contributed by atoms with Crippen LogP contribution in [0.3, 0.4) is 0 Å². The van der Waals surface area contributed by atoms with Gasteiger partial charge in [0, 0.05) is 11.1 Å². The molecule has 4 aliphatic rings. The quantitative estimate of drug-likeness (QED) is 0.210. The minimum absolute atomic E-state index is 0.104. The second-order valence-corrected chi connectivity index (χ2v) is 13.6. The molecule has 9 nitrogen and oxygen atoms in total. The van der Waals surface area contributed by atoms with Crippen LogP contribution in [-0.4, -0.2) is 65.7 Å². The van der Waals surface area contributed by atoms with E-state index in [2.05, 4.69) is 0 Å². The van der Waals surface area contributed by atoms with Crippen molar-refractivity contribution in [1.82, 2.24) is 4.90 Å². The number of amides is 3. The van der Waals surface area contributed by atoms with Crippen LogP contribution in [0.25, 0.3) is 5.57 Å². The Morgan fingerprint density at radius 2 is 1.51 bits per heavy atom. The molecular formula is C29H30N2O7S3. The van der Waals surface area contributed by atoms with Crippen molar-refractivity contribution in [2.24, 2.45) is 11.8 Å². The SMILES string of the molecule is COC(=O)C1=C(C(=O)OC)SC(=C2C(=S)C(C)(C)N(C(=O)CN3C(=O)C4CCCCC4C3=O)c3cc(C)ccc32)S1. The number of anilines is 1. The maximum atomic E-state index is 14.0. The van der Waals surface area contributed by atoms with Crippen molar-refractivity contribution in [3.05, 3.63) is 43.4 Å². The van der Waals surface area contributed by atoms with Crippen LogP contribution in [0.4, 0.5) is 5.69 Å². The Morgan fingerprint density at radius 1 is 0.976 bits per heavy atom. The zero-order valence-electron chi connectivity index (χ0n) is 23.4. The third-order valence-corrected chi connectivity index (χ3v) is 11.3. The minimum Gasteiger partial charge on any atom is -0.465 e. The lowest BCUT2D eigenvalue weighted by Crippen LogP contribution is -2.58. The molecule has 0 aromatic heterocycles. The molecule has 1 aromatic rings. The van der Waals surface area contributed by atoms with Gasteiger partial charge in [0.05, 0.1) is 46.4 Å². The Kier molecular flexibility index (Phi) is 7.95. The minimum atomic E-state index is -1.05. The largest absolute Gasteiger partial charge is 0.465 e. The predicted octanol–water partition coefficient (Wildman–Crippen LogP) is 4.37. The lowest BCUT2D eigenvalue weighted by molar-refractivity contribution is -0.143. The molecule has 5 rings (SSSR count). The Hall–Kier alpha value is -2.96. The highest BCUT2D eigenvalue weighted by atomic mass is 32.2. The van der Waals surface area contributed by atoms with Gasteiger partial charge in [-0.3, -0.25) is 24.2 Å². The number of hydrogen-bond acceptors (Lipinski definition) is 10. The predicted molar refractivity (Wildman–Crippen MR) is 161 cm³/mol. The molecule has 2 atom stereocenters. The summed E-state index contributed by atoms with van der Waals surface area (Å²) in [5.74, 6) is -2.98. The molecule has 3 amide bonds. The number of nitrogens with zero attached hydrogens (tertiary/aromatic N) is 2. The number of likely N-dealkylation sites (tertiary alicyclic amines) is 1. The topological polar surface area (TPSA) is 110 Å². The summed E-state index contributed by atoms with van der Waals surface area (Å²) < 4.78 is 10.4. The molecule has 1 aliphatic carbocycles. The zero-order valence-corrected chi connectivity index (χ0v) is 25.8. The maximum Gasteiger partial charge on any atom is 0.346 e. The number of hydrogen-bond donors (Lipinski definition) is 0. The molecule has 2 unspecified atom stereocenters. The van der Waals surface area contributed by atoms with Gasteiger partial charge < -0.3 is 9.47 Å². The van der Waals surface area contributed by atoms with Crippen molar-refractivity contribution >= 4 is 81.5 Å². The van der Waals surface area contributed by atoms with E-state index in [-0.39, 0.29) is 40.0 Å². The zero-order chi connectivity index (χ0) is 29.8. The smallest absolute Gasteiger partial charge is 0.346 e. The van der Waals surface area contributed by atoms with Gasteiger partial charge in [-0.25, -0.2) is 9.59 Å². The summed E-state index contributed by atoms with van der Waals surface area (Å²) in [5.41, 5.74) is 1.68. The van der Waals surface area contributed by atoms with Crippen LogP contribution >= 0.6 is 35.7 Å². The molecule has 3 heterocycles. The van der Waals surface area contributed by atoms with Gasteiger partial charge in [-0.2, -0.15) is 0 Å². The summed E-state index contributed by atoms with van der Waals surface area (Å²) in [6.07, 6.45) is 3.14. The summed E-state index contributed by atoms with van der Waals surface area (Å²) in [6, 6.07) is 5.61. The van der Waals surface area contributed by atoms with E-state index < -0.39 is 23.4 Å². The number of imide groups is 1. The highest BCUT2D eigenvalue weighted by Gasteiger charge is 2.51. The third kappa shape index (κ3) is 4.83. The Morgan fingerprint density at radius 3 is 2.02 bits per heavy atom. The molecule has 3 aliphatic heterocycles. The van der Waals surface area contributed by atoms with Crippen molar-refractivity contribution < 1.29 is 33.4 Å². The molecular weight excluding hydrogens is 585 g/mol. The van der Waals surface area contributed by atoms with Crippen LogP contribution in [0.1, 0.15) is 50.7 Å². The van der Waals surface area contributed by atoms with Crippen molar-refractivity contribution in [3.63, 3.8) is 0 Å². The second-order valence-electron chi connectivity index (χ2n) is 10.9. The number of methoxy groups -OCH3 is 2. The van der Waals surface area contributed by atoms with Gasteiger partial charge in [-0.1, -0.05) is 60.7 Å². The number of thioether (sulfide) groups is 2. The average Bonchev–Trinajstić information content (AvgIpc) is 3.49. The Bertz CT molecular complexity index is 1420. The van der Waals surface area contributed by atoms with Crippen molar-refractivity contribution in [1.29, 1.82) is 0 Å². The summed E-state index contributed by atoms with van der Waals surface area (Å²) >= 11 is 8.17. The van der Waals surface area contributed by atoms with Crippen LogP contribution in [0.15, 0.2) is 32.2 Å². The van der Waals surface area contributed by atoms with Crippen molar-refractivity contribution in [2.75, 3.05) is 25.7 Å². The molecule has 0 N–H and O–H groups in total. The molecule has 1 aromatic carbocycles. The third-order valence-electron chi connectivity index (χ3n) is 8.02. The highest BCUT2D eigenvalue weighted by molar-refractivity contribution is 8.29. The molecule has 216 valence electrons. The first-order chi connectivity index (χ1) is 19.4. The molecule has 12 heteroatoms. The number of benzene rings is 1. The van der Waals surface area contributed by atoms with Gasteiger partial charge in [0.1, 0.15) is 16.4 Å². The van der Waals surface area contributed by atoms with E-state index >= 15 is 0 Å². The second kappa shape index (κ2) is 11.0. The summed E-state index contributed by atoms with van der Waals surface area (Å²) in [4.78, 5) is 68.7. The van der Waals surface area contributed by atoms with E-state index in [4.69, 9.17) is 21.7 Å². The fourth-order valence-corrected chi connectivity index (χ4v) is 9.00. The van der Waals surface area contributed by atoms with E-state index in [1.165, 1.54) is 14.2 Å². The summed E-state index contributed by atoms with van der Waals surface area (Å²) in [5, 5.41) is 0. The number of carbonyl (C=O) groups is 5. The lowest BCUT2D eigenvalue weighted by Gasteiger charge is -2.45. The van der Waals surface area contributed by atoms with E-state index in [1.54, 1.807) is 4.90 Å². The molecule has 1 saturated heterocycles. The molecule has 0 bridgehead atoms. The Balaban J connectivity index is 1.56. The number of aryl methyl sites for hydroxylation is 1. The highest BCUT2D eigenvalue weighted by Crippen LogP contribution is 2.56. The fraction of sp³-hybridized carbons (Fsp3) is 0.448. The van der Waals surface area contributed by atoms with Crippen molar-refractivity contribution in [2.45, 2.75) is 52.0 Å². The fourth-order valence-electron chi connectivity index (χ4n) is 5.97. The summed E-state index contributed by atoms with van der Waals surface area (Å²) in [6.45, 7) is 5.17. The number of ether oxygens (including phenoxy) is 2. The standard InChI is InChI=1S/C29H30N2O7S3/c1-14-10-11-17-18(12-14)31(19(32)13-30-24(33)15-8-6-7-9-16(15)25(30)34)29(2,3)23(39)20(17)28-40-21(26(35)37-4)22(41-28)27(36)38-5/h10-12,15-16H,6-9,13H2,1-5H3. The van der Waals surface area contributed by atoms with Gasteiger partial charge in [0.2, 0.25) is 17.7 Å².